The predicted octanol–water partition coefficient (Wildman–Crippen LogP) is 0.260. The second-order valence-corrected chi connectivity index (χ2v) is 5.52. The molecule has 0 saturated heterocycles. The summed E-state index contributed by atoms with van der Waals surface area (Å²) in [6.45, 7) is 1.34. The van der Waals surface area contributed by atoms with E-state index >= 15 is 0 Å². The molecule has 0 aromatic heterocycles. The molecular formula is C17H20N2O6. The number of alkyl carbamates (subject to hydrolysis) is 1. The van der Waals surface area contributed by atoms with E-state index in [9.17, 15) is 19.5 Å². The van der Waals surface area contributed by atoms with E-state index in [1.165, 1.54) is 20.1 Å². The zero-order valence-corrected chi connectivity index (χ0v) is 13.9. The third-order valence-corrected chi connectivity index (χ3v) is 3.69. The van der Waals surface area contributed by atoms with Crippen molar-refractivity contribution in [2.45, 2.75) is 31.7 Å². The molecule has 0 saturated carbocycles. The summed E-state index contributed by atoms with van der Waals surface area (Å²) in [4.78, 5) is 35.0. The van der Waals surface area contributed by atoms with Crippen LogP contribution in [0.5, 0.6) is 0 Å². The monoisotopic (exact) mass is 348 g/mol. The zero-order chi connectivity index (χ0) is 18.4. The molecule has 0 heterocycles. The largest absolute Gasteiger partial charge is 0.466 e. The van der Waals surface area contributed by atoms with Crippen molar-refractivity contribution >= 4 is 18.0 Å². The van der Waals surface area contributed by atoms with Gasteiger partial charge in [-0.15, -0.1) is 0 Å². The first-order chi connectivity index (χ1) is 11.9. The predicted molar refractivity (Wildman–Crippen MR) is 87.3 cm³/mol. The third kappa shape index (κ3) is 4.80. The number of hydrogen-bond donors (Lipinski definition) is 3. The molecule has 0 fully saturated rings. The van der Waals surface area contributed by atoms with Crippen LogP contribution in [0.15, 0.2) is 42.0 Å². The minimum atomic E-state index is -1.30. The molecule has 1 aromatic rings. The van der Waals surface area contributed by atoms with Crippen LogP contribution in [0.2, 0.25) is 0 Å². The maximum atomic E-state index is 12.0. The molecule has 134 valence electrons. The molecule has 0 unspecified atom stereocenters. The van der Waals surface area contributed by atoms with Gasteiger partial charge in [0.25, 0.3) is 0 Å². The molecule has 0 spiro atoms. The topological polar surface area (TPSA) is 114 Å². The Hall–Kier alpha value is -2.87. The average molecular weight is 348 g/mol. The number of aliphatic hydroxyl groups is 1. The van der Waals surface area contributed by atoms with Crippen molar-refractivity contribution in [3.63, 3.8) is 0 Å². The van der Waals surface area contributed by atoms with Crippen LogP contribution in [0.4, 0.5) is 4.79 Å². The molecule has 1 aromatic carbocycles. The van der Waals surface area contributed by atoms with Gasteiger partial charge in [0, 0.05) is 6.92 Å². The molecule has 3 atom stereocenters. The highest BCUT2D eigenvalue weighted by molar-refractivity contribution is 5.91. The minimum Gasteiger partial charge on any atom is -0.466 e. The number of aliphatic hydroxyl groups excluding tert-OH is 1. The summed E-state index contributed by atoms with van der Waals surface area (Å²) >= 11 is 0. The fourth-order valence-corrected chi connectivity index (χ4v) is 2.53. The number of carbonyl (C=O) groups excluding carboxylic acids is 3. The quantitative estimate of drug-likeness (QED) is 0.658. The van der Waals surface area contributed by atoms with E-state index in [2.05, 4.69) is 15.4 Å². The fraction of sp³-hybridized carbons (Fsp3) is 0.353. The number of amides is 2. The number of benzene rings is 1. The summed E-state index contributed by atoms with van der Waals surface area (Å²) in [5, 5.41) is 15.2. The molecule has 0 bridgehead atoms. The van der Waals surface area contributed by atoms with E-state index in [4.69, 9.17) is 4.74 Å². The number of carbonyl (C=O) groups is 3. The lowest BCUT2D eigenvalue weighted by molar-refractivity contribution is -0.137. The Morgan fingerprint density at radius 3 is 2.44 bits per heavy atom. The van der Waals surface area contributed by atoms with E-state index in [0.29, 0.717) is 0 Å². The van der Waals surface area contributed by atoms with Crippen LogP contribution in [0, 0.1) is 0 Å². The Morgan fingerprint density at radius 1 is 1.16 bits per heavy atom. The van der Waals surface area contributed by atoms with Gasteiger partial charge in [0.15, 0.2) is 0 Å². The molecular weight excluding hydrogens is 328 g/mol. The van der Waals surface area contributed by atoms with Crippen LogP contribution in [0.1, 0.15) is 12.5 Å². The SMILES string of the molecule is COC(=O)C1=C[C@@H](NC(=O)OCc2ccccc2)[C@@H](NC(C)=O)[C@H]1O. The van der Waals surface area contributed by atoms with Gasteiger partial charge in [-0.2, -0.15) is 0 Å². The van der Waals surface area contributed by atoms with Crippen molar-refractivity contribution in [3.8, 4) is 0 Å². The molecule has 8 heteroatoms. The number of nitrogens with one attached hydrogen (secondary N) is 2. The van der Waals surface area contributed by atoms with E-state index in [1.54, 1.807) is 0 Å². The van der Waals surface area contributed by atoms with Gasteiger partial charge in [0.05, 0.1) is 24.8 Å². The van der Waals surface area contributed by atoms with Crippen molar-refractivity contribution in [2.75, 3.05) is 7.11 Å². The lowest BCUT2D eigenvalue weighted by atomic mass is 10.1. The second kappa shape index (κ2) is 8.29. The summed E-state index contributed by atoms with van der Waals surface area (Å²) in [5.41, 5.74) is 0.780. The van der Waals surface area contributed by atoms with Gasteiger partial charge in [0.1, 0.15) is 12.7 Å². The molecule has 2 rings (SSSR count). The second-order valence-electron chi connectivity index (χ2n) is 5.52. The Bertz CT molecular complexity index is 673. The molecule has 1 aliphatic carbocycles. The number of ether oxygens (including phenoxy) is 2. The number of methoxy groups -OCH3 is 1. The zero-order valence-electron chi connectivity index (χ0n) is 13.9. The molecule has 0 radical (unpaired) electrons. The van der Waals surface area contributed by atoms with E-state index in [1.807, 2.05) is 30.3 Å². The maximum absolute atomic E-state index is 12.0. The molecule has 25 heavy (non-hydrogen) atoms. The van der Waals surface area contributed by atoms with Crippen LogP contribution in [0.3, 0.4) is 0 Å². The van der Waals surface area contributed by atoms with Gasteiger partial charge in [-0.3, -0.25) is 4.79 Å². The summed E-state index contributed by atoms with van der Waals surface area (Å²) in [5.74, 6) is -1.14. The first-order valence-electron chi connectivity index (χ1n) is 7.64. The van der Waals surface area contributed by atoms with Gasteiger partial charge in [-0.05, 0) is 11.6 Å². The first kappa shape index (κ1) is 18.5. The van der Waals surface area contributed by atoms with Crippen LogP contribution in [0.25, 0.3) is 0 Å². The van der Waals surface area contributed by atoms with Crippen molar-refractivity contribution < 1.29 is 29.0 Å². The standard InChI is InChI=1S/C17H20N2O6/c1-10(20)18-14-13(8-12(15(14)21)16(22)24-2)19-17(23)25-9-11-6-4-3-5-7-11/h3-8,13-15,21H,9H2,1-2H3,(H,18,20)(H,19,23)/t13-,14-,15+/m1/s1. The number of rotatable bonds is 5. The van der Waals surface area contributed by atoms with Crippen molar-refractivity contribution in [3.05, 3.63) is 47.5 Å². The lowest BCUT2D eigenvalue weighted by Crippen LogP contribution is -2.53. The fourth-order valence-electron chi connectivity index (χ4n) is 2.53. The van der Waals surface area contributed by atoms with Gasteiger partial charge in [-0.1, -0.05) is 30.3 Å². The van der Waals surface area contributed by atoms with Gasteiger partial charge in [0.2, 0.25) is 5.91 Å². The smallest absolute Gasteiger partial charge is 0.408 e. The highest BCUT2D eigenvalue weighted by atomic mass is 16.5. The van der Waals surface area contributed by atoms with Gasteiger partial charge in [-0.25, -0.2) is 9.59 Å². The normalized spacial score (nSPS) is 21.9. The van der Waals surface area contributed by atoms with Crippen molar-refractivity contribution in [1.29, 1.82) is 0 Å². The highest BCUT2D eigenvalue weighted by Gasteiger charge is 2.41. The summed E-state index contributed by atoms with van der Waals surface area (Å²) in [6.07, 6.45) is -0.685. The van der Waals surface area contributed by atoms with E-state index in [0.717, 1.165) is 5.56 Å². The number of hydrogen-bond acceptors (Lipinski definition) is 6. The van der Waals surface area contributed by atoms with Crippen LogP contribution >= 0.6 is 0 Å². The van der Waals surface area contributed by atoms with E-state index in [-0.39, 0.29) is 12.2 Å². The Kier molecular flexibility index (Phi) is 6.13. The highest BCUT2D eigenvalue weighted by Crippen LogP contribution is 2.22. The minimum absolute atomic E-state index is 0.0328. The van der Waals surface area contributed by atoms with Crippen LogP contribution in [-0.4, -0.2) is 48.4 Å². The van der Waals surface area contributed by atoms with Crippen LogP contribution < -0.4 is 10.6 Å². The molecule has 1 aliphatic rings. The molecule has 3 N–H and O–H groups in total. The van der Waals surface area contributed by atoms with Gasteiger partial charge >= 0.3 is 12.1 Å². The van der Waals surface area contributed by atoms with E-state index < -0.39 is 36.2 Å². The van der Waals surface area contributed by atoms with Gasteiger partial charge < -0.3 is 25.2 Å². The molecule has 8 nitrogen and oxygen atoms in total. The summed E-state index contributed by atoms with van der Waals surface area (Å²) in [6, 6.07) is 7.40. The maximum Gasteiger partial charge on any atom is 0.408 e. The number of esters is 1. The lowest BCUT2D eigenvalue weighted by Gasteiger charge is -2.24. The Morgan fingerprint density at radius 2 is 1.84 bits per heavy atom. The van der Waals surface area contributed by atoms with Crippen molar-refractivity contribution in [1.82, 2.24) is 10.6 Å². The van der Waals surface area contributed by atoms with Crippen molar-refractivity contribution in [2.24, 2.45) is 0 Å². The summed E-state index contributed by atoms with van der Waals surface area (Å²) in [7, 11) is 1.18. The first-order valence-corrected chi connectivity index (χ1v) is 7.64. The average Bonchev–Trinajstić information content (AvgIpc) is 2.89. The Balaban J connectivity index is 2.02. The Labute approximate surface area is 144 Å². The third-order valence-electron chi connectivity index (χ3n) is 3.69. The molecule has 0 aliphatic heterocycles. The van der Waals surface area contributed by atoms with Crippen LogP contribution in [-0.2, 0) is 25.7 Å². The molecule has 2 amide bonds. The summed E-state index contributed by atoms with van der Waals surface area (Å²) < 4.78 is 9.70.